The molecule has 0 saturated carbocycles. The first-order valence-corrected chi connectivity index (χ1v) is 6.10. The van der Waals surface area contributed by atoms with Gasteiger partial charge in [-0.3, -0.25) is 0 Å². The summed E-state index contributed by atoms with van der Waals surface area (Å²) in [5, 5.41) is 9.89. The third-order valence-electron chi connectivity index (χ3n) is 3.43. The van der Waals surface area contributed by atoms with E-state index in [1.807, 2.05) is 4.90 Å². The number of β-amino-alcohol motifs (C(OH)–C–C–N with tert-alkyl or cyclic N) is 1. The average Bonchev–Trinajstić information content (AvgIpc) is 2.67. The van der Waals surface area contributed by atoms with Gasteiger partial charge in [0.05, 0.1) is 11.2 Å². The van der Waals surface area contributed by atoms with Crippen LogP contribution in [0.2, 0.25) is 0 Å². The predicted molar refractivity (Wildman–Crippen MR) is 66.8 cm³/mol. The lowest BCUT2D eigenvalue weighted by Crippen LogP contribution is -2.29. The van der Waals surface area contributed by atoms with E-state index in [9.17, 15) is 18.3 Å². The fraction of sp³-hybridized carbons (Fsp3) is 0.538. The Morgan fingerprint density at radius 2 is 2.11 bits per heavy atom. The van der Waals surface area contributed by atoms with Crippen molar-refractivity contribution in [2.24, 2.45) is 5.73 Å². The molecule has 3 nitrogen and oxygen atoms in total. The maximum atomic E-state index is 12.8. The molecular formula is C13H17F3N2O. The molecule has 6 heteroatoms. The number of nitrogens with zero attached hydrogens (tertiary/aromatic N) is 1. The summed E-state index contributed by atoms with van der Waals surface area (Å²) in [4.78, 5) is 1.87. The molecule has 3 N–H and O–H groups in total. The van der Waals surface area contributed by atoms with Gasteiger partial charge in [-0.25, -0.2) is 0 Å². The van der Waals surface area contributed by atoms with Gasteiger partial charge in [-0.05, 0) is 37.1 Å². The van der Waals surface area contributed by atoms with E-state index in [1.54, 1.807) is 6.92 Å². The van der Waals surface area contributed by atoms with Gasteiger partial charge in [0.25, 0.3) is 0 Å². The second-order valence-electron chi connectivity index (χ2n) is 5.21. The largest absolute Gasteiger partial charge is 0.416 e. The highest BCUT2D eigenvalue weighted by molar-refractivity contribution is 5.53. The summed E-state index contributed by atoms with van der Waals surface area (Å²) < 4.78 is 38.3. The van der Waals surface area contributed by atoms with Crippen LogP contribution in [0.3, 0.4) is 0 Å². The van der Waals surface area contributed by atoms with Gasteiger partial charge in [0.15, 0.2) is 0 Å². The molecule has 0 aliphatic carbocycles. The summed E-state index contributed by atoms with van der Waals surface area (Å²) in [7, 11) is 0. The summed E-state index contributed by atoms with van der Waals surface area (Å²) in [5.41, 5.74) is 4.68. The fourth-order valence-electron chi connectivity index (χ4n) is 2.39. The molecule has 2 rings (SSSR count). The molecule has 1 heterocycles. The van der Waals surface area contributed by atoms with Crippen LogP contribution in [0.25, 0.3) is 0 Å². The smallest absolute Gasteiger partial charge is 0.388 e. The first-order valence-electron chi connectivity index (χ1n) is 6.10. The topological polar surface area (TPSA) is 49.5 Å². The maximum absolute atomic E-state index is 12.8. The van der Waals surface area contributed by atoms with Gasteiger partial charge in [0.1, 0.15) is 0 Å². The third-order valence-corrected chi connectivity index (χ3v) is 3.43. The van der Waals surface area contributed by atoms with E-state index in [0.29, 0.717) is 25.2 Å². The molecule has 19 heavy (non-hydrogen) atoms. The minimum Gasteiger partial charge on any atom is -0.388 e. The third kappa shape index (κ3) is 3.01. The molecule has 0 radical (unpaired) electrons. The minimum atomic E-state index is -4.39. The number of rotatable bonds is 2. The molecule has 1 saturated heterocycles. The van der Waals surface area contributed by atoms with Crippen molar-refractivity contribution in [3.63, 3.8) is 0 Å². The highest BCUT2D eigenvalue weighted by atomic mass is 19.4. The molecule has 1 aliphatic rings. The van der Waals surface area contributed by atoms with Crippen molar-refractivity contribution < 1.29 is 18.3 Å². The van der Waals surface area contributed by atoms with Crippen LogP contribution in [-0.2, 0) is 12.7 Å². The van der Waals surface area contributed by atoms with Gasteiger partial charge < -0.3 is 15.7 Å². The van der Waals surface area contributed by atoms with Crippen molar-refractivity contribution in [3.8, 4) is 0 Å². The van der Waals surface area contributed by atoms with Crippen LogP contribution in [0, 0.1) is 0 Å². The predicted octanol–water partition coefficient (Wildman–Crippen LogP) is 2.13. The molecule has 1 unspecified atom stereocenters. The van der Waals surface area contributed by atoms with Crippen molar-refractivity contribution in [2.75, 3.05) is 18.0 Å². The van der Waals surface area contributed by atoms with Gasteiger partial charge in [-0.1, -0.05) is 0 Å². The van der Waals surface area contributed by atoms with Crippen molar-refractivity contribution in [1.82, 2.24) is 0 Å². The van der Waals surface area contributed by atoms with Gasteiger partial charge in [-0.2, -0.15) is 13.2 Å². The lowest BCUT2D eigenvalue weighted by Gasteiger charge is -2.22. The Bertz CT molecular complexity index is 471. The summed E-state index contributed by atoms with van der Waals surface area (Å²) in [6.07, 6.45) is -3.78. The first kappa shape index (κ1) is 14.1. The number of anilines is 1. The molecule has 1 atom stereocenters. The summed E-state index contributed by atoms with van der Waals surface area (Å²) in [5.74, 6) is 0. The van der Waals surface area contributed by atoms with E-state index >= 15 is 0 Å². The summed E-state index contributed by atoms with van der Waals surface area (Å²) in [6.45, 7) is 2.61. The van der Waals surface area contributed by atoms with E-state index in [4.69, 9.17) is 5.73 Å². The number of hydrogen-bond donors (Lipinski definition) is 2. The molecule has 106 valence electrons. The number of alkyl halides is 3. The van der Waals surface area contributed by atoms with E-state index in [2.05, 4.69) is 0 Å². The summed E-state index contributed by atoms with van der Waals surface area (Å²) in [6, 6.07) is 3.96. The van der Waals surface area contributed by atoms with Crippen LogP contribution in [-0.4, -0.2) is 23.8 Å². The number of aliphatic hydroxyl groups is 1. The number of benzene rings is 1. The molecule has 1 aromatic carbocycles. The Kier molecular flexibility index (Phi) is 3.49. The normalized spacial score (nSPS) is 24.0. The Morgan fingerprint density at radius 3 is 2.58 bits per heavy atom. The van der Waals surface area contributed by atoms with E-state index in [0.717, 1.165) is 6.07 Å². The Labute approximate surface area is 109 Å². The molecule has 0 aromatic heterocycles. The van der Waals surface area contributed by atoms with E-state index in [1.165, 1.54) is 12.1 Å². The molecule has 1 fully saturated rings. The maximum Gasteiger partial charge on any atom is 0.416 e. The zero-order valence-electron chi connectivity index (χ0n) is 10.7. The quantitative estimate of drug-likeness (QED) is 0.868. The van der Waals surface area contributed by atoms with Gasteiger partial charge in [-0.15, -0.1) is 0 Å². The van der Waals surface area contributed by atoms with Crippen molar-refractivity contribution in [1.29, 1.82) is 0 Å². The van der Waals surface area contributed by atoms with Gasteiger partial charge >= 0.3 is 6.18 Å². The van der Waals surface area contributed by atoms with Crippen LogP contribution in [0.15, 0.2) is 18.2 Å². The number of hydrogen-bond acceptors (Lipinski definition) is 3. The zero-order valence-corrected chi connectivity index (χ0v) is 10.7. The lowest BCUT2D eigenvalue weighted by molar-refractivity contribution is -0.138. The monoisotopic (exact) mass is 274 g/mol. The Morgan fingerprint density at radius 1 is 1.42 bits per heavy atom. The van der Waals surface area contributed by atoms with Gasteiger partial charge in [0, 0.05) is 25.3 Å². The van der Waals surface area contributed by atoms with Crippen LogP contribution in [0.1, 0.15) is 24.5 Å². The molecule has 0 amide bonds. The summed E-state index contributed by atoms with van der Waals surface area (Å²) >= 11 is 0. The lowest BCUT2D eigenvalue weighted by atomic mass is 10.1. The standard InChI is InChI=1S/C13H17F3N2O/c1-12(19)4-5-18(8-12)10-2-3-11(13(14,15)16)9(6-10)7-17/h2-3,6,19H,4-5,7-8,17H2,1H3. The number of nitrogens with two attached hydrogens (primary N) is 1. The van der Waals surface area contributed by atoms with Crippen LogP contribution in [0.5, 0.6) is 0 Å². The average molecular weight is 274 g/mol. The van der Waals surface area contributed by atoms with E-state index < -0.39 is 17.3 Å². The first-order chi connectivity index (χ1) is 8.73. The highest BCUT2D eigenvalue weighted by Gasteiger charge is 2.35. The Balaban J connectivity index is 2.30. The SMILES string of the molecule is CC1(O)CCN(c2ccc(C(F)(F)F)c(CN)c2)C1. The Hall–Kier alpha value is -1.27. The van der Waals surface area contributed by atoms with Crippen molar-refractivity contribution >= 4 is 5.69 Å². The molecule has 0 bridgehead atoms. The second kappa shape index (κ2) is 4.68. The molecule has 0 spiro atoms. The second-order valence-corrected chi connectivity index (χ2v) is 5.21. The van der Waals surface area contributed by atoms with E-state index in [-0.39, 0.29) is 12.1 Å². The van der Waals surface area contributed by atoms with Crippen molar-refractivity contribution in [3.05, 3.63) is 29.3 Å². The molecular weight excluding hydrogens is 257 g/mol. The highest BCUT2D eigenvalue weighted by Crippen LogP contribution is 2.35. The minimum absolute atomic E-state index is 0.0801. The van der Waals surface area contributed by atoms with Crippen molar-refractivity contribution in [2.45, 2.75) is 31.7 Å². The van der Waals surface area contributed by atoms with Crippen LogP contribution in [0.4, 0.5) is 18.9 Å². The van der Waals surface area contributed by atoms with Gasteiger partial charge in [0.2, 0.25) is 0 Å². The van der Waals surface area contributed by atoms with Crippen LogP contribution >= 0.6 is 0 Å². The fourth-order valence-corrected chi connectivity index (χ4v) is 2.39. The van der Waals surface area contributed by atoms with Crippen LogP contribution < -0.4 is 10.6 Å². The molecule has 1 aliphatic heterocycles. The molecule has 1 aromatic rings. The zero-order chi connectivity index (χ0) is 14.3. The number of halogens is 3.